The summed E-state index contributed by atoms with van der Waals surface area (Å²) in [5, 5.41) is 6.75. The van der Waals surface area contributed by atoms with Gasteiger partial charge in [0.15, 0.2) is 5.13 Å². The molecule has 3 heterocycles. The summed E-state index contributed by atoms with van der Waals surface area (Å²) in [5.41, 5.74) is 1.25. The van der Waals surface area contributed by atoms with Gasteiger partial charge >= 0.3 is 0 Å². The molecule has 0 spiro atoms. The maximum Gasteiger partial charge on any atom is 0.252 e. The number of anilines is 1. The van der Waals surface area contributed by atoms with E-state index in [1.165, 1.54) is 39.1 Å². The van der Waals surface area contributed by atoms with E-state index < -0.39 is 10.0 Å². The largest absolute Gasteiger partial charge is 0.302 e. The van der Waals surface area contributed by atoms with Crippen molar-refractivity contribution < 1.29 is 17.6 Å². The molecule has 0 atom stereocenters. The van der Waals surface area contributed by atoms with Crippen molar-refractivity contribution in [2.24, 2.45) is 5.92 Å². The number of benzene rings is 1. The zero-order valence-electron chi connectivity index (χ0n) is 15.2. The second-order valence-electron chi connectivity index (χ2n) is 6.65. The van der Waals surface area contributed by atoms with Crippen molar-refractivity contribution in [2.45, 2.75) is 17.1 Å². The number of sulfonamides is 1. The topological polar surface area (TPSA) is 79.4 Å². The first-order chi connectivity index (χ1) is 13.9. The molecule has 0 unspecified atom stereocenters. The Morgan fingerprint density at radius 2 is 1.97 bits per heavy atom. The number of carbonyl (C=O) groups is 1. The van der Waals surface area contributed by atoms with Gasteiger partial charge in [-0.25, -0.2) is 17.8 Å². The number of amides is 1. The van der Waals surface area contributed by atoms with Crippen molar-refractivity contribution in [1.29, 1.82) is 0 Å². The lowest BCUT2D eigenvalue weighted by Crippen LogP contribution is -2.41. The monoisotopic (exact) mass is 451 g/mol. The molecule has 1 fully saturated rings. The van der Waals surface area contributed by atoms with E-state index in [0.717, 1.165) is 0 Å². The fourth-order valence-corrected chi connectivity index (χ4v) is 6.55. The van der Waals surface area contributed by atoms with Crippen molar-refractivity contribution in [3.8, 4) is 11.3 Å². The SMILES string of the molecule is O=C(Nc1nc(-c2cccc(F)c2)cs1)C1CCN(S(=O)(=O)c2cccs2)CC1. The van der Waals surface area contributed by atoms with E-state index in [2.05, 4.69) is 10.3 Å². The fraction of sp³-hybridized carbons (Fsp3) is 0.263. The van der Waals surface area contributed by atoms with E-state index in [9.17, 15) is 17.6 Å². The Morgan fingerprint density at radius 1 is 1.17 bits per heavy atom. The Balaban J connectivity index is 1.36. The van der Waals surface area contributed by atoms with Crippen molar-refractivity contribution in [3.05, 3.63) is 53.0 Å². The van der Waals surface area contributed by atoms with E-state index in [1.54, 1.807) is 35.0 Å². The van der Waals surface area contributed by atoms with Gasteiger partial charge in [0.1, 0.15) is 10.0 Å². The van der Waals surface area contributed by atoms with Crippen LogP contribution < -0.4 is 5.32 Å². The Kier molecular flexibility index (Phi) is 5.77. The Morgan fingerprint density at radius 3 is 2.66 bits per heavy atom. The standard InChI is InChI=1S/C19H18FN3O3S3/c20-15-4-1-3-14(11-15)16-12-28-19(21-16)22-18(24)13-6-8-23(9-7-13)29(25,26)17-5-2-10-27-17/h1-5,10-13H,6-9H2,(H,21,22,24). The molecule has 2 aromatic heterocycles. The number of thiophene rings is 1. The molecule has 1 saturated heterocycles. The molecule has 0 radical (unpaired) electrons. The van der Waals surface area contributed by atoms with Crippen LogP contribution in [0.4, 0.5) is 9.52 Å². The zero-order chi connectivity index (χ0) is 20.4. The Hall–Kier alpha value is -2.14. The minimum atomic E-state index is -3.48. The summed E-state index contributed by atoms with van der Waals surface area (Å²) in [4.78, 5) is 16.9. The number of nitrogens with one attached hydrogen (secondary N) is 1. The van der Waals surface area contributed by atoms with Gasteiger partial charge in [-0.2, -0.15) is 4.31 Å². The van der Waals surface area contributed by atoms with Gasteiger partial charge in [0.25, 0.3) is 10.0 Å². The molecule has 6 nitrogen and oxygen atoms in total. The molecule has 0 aliphatic carbocycles. The predicted octanol–water partition coefficient (Wildman–Crippen LogP) is 4.05. The van der Waals surface area contributed by atoms with Crippen LogP contribution in [0, 0.1) is 11.7 Å². The number of hydrogen-bond donors (Lipinski definition) is 1. The fourth-order valence-electron chi connectivity index (χ4n) is 3.21. The molecular weight excluding hydrogens is 433 g/mol. The Bertz CT molecular complexity index is 1100. The summed E-state index contributed by atoms with van der Waals surface area (Å²) < 4.78 is 40.3. The van der Waals surface area contributed by atoms with Crippen molar-refractivity contribution in [3.63, 3.8) is 0 Å². The second kappa shape index (κ2) is 8.31. The summed E-state index contributed by atoms with van der Waals surface area (Å²) in [6.45, 7) is 0.620. The third-order valence-electron chi connectivity index (χ3n) is 4.77. The van der Waals surface area contributed by atoms with Gasteiger partial charge in [-0.05, 0) is 36.4 Å². The van der Waals surface area contributed by atoms with Crippen LogP contribution in [-0.4, -0.2) is 36.7 Å². The Labute approximate surface area is 176 Å². The highest BCUT2D eigenvalue weighted by molar-refractivity contribution is 7.91. The van der Waals surface area contributed by atoms with Crippen LogP contribution in [0.25, 0.3) is 11.3 Å². The van der Waals surface area contributed by atoms with E-state index in [4.69, 9.17) is 0 Å². The molecule has 4 rings (SSSR count). The number of hydrogen-bond acceptors (Lipinski definition) is 6. The average molecular weight is 452 g/mol. The maximum atomic E-state index is 13.4. The van der Waals surface area contributed by atoms with E-state index in [-0.39, 0.29) is 17.6 Å². The lowest BCUT2D eigenvalue weighted by molar-refractivity contribution is -0.120. The third-order valence-corrected chi connectivity index (χ3v) is 8.80. The van der Waals surface area contributed by atoms with E-state index >= 15 is 0 Å². The first-order valence-corrected chi connectivity index (χ1v) is 12.2. The van der Waals surface area contributed by atoms with Crippen molar-refractivity contribution in [2.75, 3.05) is 18.4 Å². The van der Waals surface area contributed by atoms with Crippen LogP contribution in [0.2, 0.25) is 0 Å². The quantitative estimate of drug-likeness (QED) is 0.635. The summed E-state index contributed by atoms with van der Waals surface area (Å²) in [7, 11) is -3.48. The summed E-state index contributed by atoms with van der Waals surface area (Å²) in [5.74, 6) is -0.782. The van der Waals surface area contributed by atoms with E-state index in [0.29, 0.717) is 46.5 Å². The van der Waals surface area contributed by atoms with Crippen LogP contribution in [-0.2, 0) is 14.8 Å². The first kappa shape index (κ1) is 20.1. The highest BCUT2D eigenvalue weighted by Crippen LogP contribution is 2.29. The molecule has 3 aromatic rings. The van der Waals surface area contributed by atoms with Crippen LogP contribution in [0.5, 0.6) is 0 Å². The average Bonchev–Trinajstić information content (AvgIpc) is 3.41. The van der Waals surface area contributed by atoms with Crippen molar-refractivity contribution in [1.82, 2.24) is 9.29 Å². The number of halogens is 1. The first-order valence-electron chi connectivity index (χ1n) is 8.99. The summed E-state index contributed by atoms with van der Waals surface area (Å²) in [6, 6.07) is 9.43. The molecule has 1 aliphatic rings. The number of aromatic nitrogens is 1. The molecule has 152 valence electrons. The van der Waals surface area contributed by atoms with Gasteiger partial charge in [-0.1, -0.05) is 18.2 Å². The maximum absolute atomic E-state index is 13.4. The lowest BCUT2D eigenvalue weighted by atomic mass is 9.97. The smallest absolute Gasteiger partial charge is 0.252 e. The van der Waals surface area contributed by atoms with Gasteiger partial charge in [0.05, 0.1) is 5.69 Å². The molecule has 1 aliphatic heterocycles. The normalized spacial score (nSPS) is 16.0. The van der Waals surface area contributed by atoms with Gasteiger partial charge in [0.2, 0.25) is 5.91 Å². The van der Waals surface area contributed by atoms with Crippen molar-refractivity contribution >= 4 is 43.7 Å². The van der Waals surface area contributed by atoms with Crippen LogP contribution in [0.15, 0.2) is 51.4 Å². The second-order valence-corrected chi connectivity index (χ2v) is 10.6. The molecule has 29 heavy (non-hydrogen) atoms. The summed E-state index contributed by atoms with van der Waals surface area (Å²) >= 11 is 2.47. The minimum absolute atomic E-state index is 0.168. The number of piperidine rings is 1. The molecule has 0 saturated carbocycles. The summed E-state index contributed by atoms with van der Waals surface area (Å²) in [6.07, 6.45) is 0.914. The number of thiazole rings is 1. The molecule has 0 bridgehead atoms. The minimum Gasteiger partial charge on any atom is -0.302 e. The molecule has 1 N–H and O–H groups in total. The highest BCUT2D eigenvalue weighted by Gasteiger charge is 2.32. The zero-order valence-corrected chi connectivity index (χ0v) is 17.7. The van der Waals surface area contributed by atoms with Gasteiger partial charge < -0.3 is 5.32 Å². The molecule has 1 amide bonds. The number of carbonyl (C=O) groups excluding carboxylic acids is 1. The van der Waals surface area contributed by atoms with Gasteiger partial charge in [-0.3, -0.25) is 4.79 Å². The molecular formula is C19H18FN3O3S3. The van der Waals surface area contributed by atoms with E-state index in [1.807, 2.05) is 0 Å². The highest BCUT2D eigenvalue weighted by atomic mass is 32.2. The molecule has 1 aromatic carbocycles. The van der Waals surface area contributed by atoms with Gasteiger partial charge in [0, 0.05) is 30.0 Å². The third kappa shape index (κ3) is 4.40. The van der Waals surface area contributed by atoms with Crippen LogP contribution >= 0.6 is 22.7 Å². The number of nitrogens with zero attached hydrogens (tertiary/aromatic N) is 2. The van der Waals surface area contributed by atoms with Gasteiger partial charge in [-0.15, -0.1) is 22.7 Å². The lowest BCUT2D eigenvalue weighted by Gasteiger charge is -2.29. The van der Waals surface area contributed by atoms with Crippen LogP contribution in [0.3, 0.4) is 0 Å². The predicted molar refractivity (Wildman–Crippen MR) is 112 cm³/mol. The van der Waals surface area contributed by atoms with Crippen LogP contribution in [0.1, 0.15) is 12.8 Å². The number of rotatable bonds is 5. The molecule has 10 heteroatoms.